The van der Waals surface area contributed by atoms with Gasteiger partial charge in [0.15, 0.2) is 5.82 Å². The topological polar surface area (TPSA) is 43.8 Å². The summed E-state index contributed by atoms with van der Waals surface area (Å²) in [5, 5.41) is 3.45. The van der Waals surface area contributed by atoms with Gasteiger partial charge in [-0.15, -0.1) is 5.10 Å². The standard InChI is InChI=1S/C5H6F2IN3/c1-2-3(8)4(9)10-11(2)5(6)7/h5H,1H3,(H2,9,10). The van der Waals surface area contributed by atoms with Gasteiger partial charge in [-0.3, -0.25) is 0 Å². The Morgan fingerprint density at radius 2 is 2.18 bits per heavy atom. The molecular weight excluding hydrogens is 267 g/mol. The second-order valence-electron chi connectivity index (χ2n) is 2.01. The summed E-state index contributed by atoms with van der Waals surface area (Å²) in [6.45, 7) is -1.06. The summed E-state index contributed by atoms with van der Waals surface area (Å²) in [4.78, 5) is 0. The van der Waals surface area contributed by atoms with Crippen LogP contribution in [0.3, 0.4) is 0 Å². The highest BCUT2D eigenvalue weighted by Crippen LogP contribution is 2.22. The monoisotopic (exact) mass is 273 g/mol. The van der Waals surface area contributed by atoms with Crippen molar-refractivity contribution in [2.24, 2.45) is 0 Å². The number of alkyl halides is 2. The molecule has 1 aromatic rings. The summed E-state index contributed by atoms with van der Waals surface area (Å²) in [5.74, 6) is 0.156. The lowest BCUT2D eigenvalue weighted by Crippen LogP contribution is -2.02. The Morgan fingerprint density at radius 1 is 1.64 bits per heavy atom. The van der Waals surface area contributed by atoms with Crippen LogP contribution in [0.5, 0.6) is 0 Å². The third kappa shape index (κ3) is 1.44. The SMILES string of the molecule is Cc1c(I)c(N)nn1C(F)F. The zero-order valence-electron chi connectivity index (χ0n) is 5.68. The van der Waals surface area contributed by atoms with Crippen LogP contribution in [0.1, 0.15) is 12.2 Å². The van der Waals surface area contributed by atoms with Crippen molar-refractivity contribution in [2.75, 3.05) is 5.73 Å². The van der Waals surface area contributed by atoms with Gasteiger partial charge in [-0.05, 0) is 29.5 Å². The molecule has 0 bridgehead atoms. The van der Waals surface area contributed by atoms with Crippen molar-refractivity contribution >= 4 is 28.4 Å². The molecule has 1 heterocycles. The van der Waals surface area contributed by atoms with Crippen LogP contribution in [-0.2, 0) is 0 Å². The zero-order valence-corrected chi connectivity index (χ0v) is 7.84. The lowest BCUT2D eigenvalue weighted by atomic mass is 10.5. The van der Waals surface area contributed by atoms with E-state index >= 15 is 0 Å². The Labute approximate surface area is 75.7 Å². The Kier molecular flexibility index (Phi) is 2.31. The van der Waals surface area contributed by atoms with E-state index in [4.69, 9.17) is 5.73 Å². The van der Waals surface area contributed by atoms with Crippen molar-refractivity contribution in [3.8, 4) is 0 Å². The molecule has 0 radical (unpaired) electrons. The van der Waals surface area contributed by atoms with E-state index in [1.165, 1.54) is 0 Å². The number of nitrogen functional groups attached to an aromatic ring is 1. The molecule has 2 N–H and O–H groups in total. The molecule has 0 aliphatic heterocycles. The first-order valence-electron chi connectivity index (χ1n) is 2.82. The minimum Gasteiger partial charge on any atom is -0.381 e. The van der Waals surface area contributed by atoms with Crippen molar-refractivity contribution in [1.29, 1.82) is 0 Å². The van der Waals surface area contributed by atoms with Crippen LogP contribution in [0.2, 0.25) is 0 Å². The summed E-state index contributed by atoms with van der Waals surface area (Å²) in [6, 6.07) is 0. The molecular formula is C5H6F2IN3. The van der Waals surface area contributed by atoms with Gasteiger partial charge >= 0.3 is 6.55 Å². The van der Waals surface area contributed by atoms with Crippen molar-refractivity contribution in [2.45, 2.75) is 13.5 Å². The van der Waals surface area contributed by atoms with Crippen LogP contribution in [0.25, 0.3) is 0 Å². The van der Waals surface area contributed by atoms with Gasteiger partial charge in [-0.2, -0.15) is 8.78 Å². The van der Waals surface area contributed by atoms with Crippen LogP contribution in [0.15, 0.2) is 0 Å². The highest BCUT2D eigenvalue weighted by molar-refractivity contribution is 14.1. The summed E-state index contributed by atoms with van der Waals surface area (Å²) in [6.07, 6.45) is 0. The molecule has 0 aliphatic rings. The van der Waals surface area contributed by atoms with Gasteiger partial charge in [0, 0.05) is 0 Å². The summed E-state index contributed by atoms with van der Waals surface area (Å²) in [5.41, 5.74) is 5.71. The highest BCUT2D eigenvalue weighted by Gasteiger charge is 2.15. The van der Waals surface area contributed by atoms with Crippen LogP contribution in [-0.4, -0.2) is 9.78 Å². The molecule has 0 saturated carbocycles. The van der Waals surface area contributed by atoms with Gasteiger partial charge in [0.05, 0.1) is 9.26 Å². The van der Waals surface area contributed by atoms with Crippen LogP contribution in [0.4, 0.5) is 14.6 Å². The Morgan fingerprint density at radius 3 is 2.36 bits per heavy atom. The highest BCUT2D eigenvalue weighted by atomic mass is 127. The fourth-order valence-corrected chi connectivity index (χ4v) is 1.07. The molecule has 62 valence electrons. The third-order valence-electron chi connectivity index (χ3n) is 1.29. The van der Waals surface area contributed by atoms with Crippen LogP contribution >= 0.6 is 22.6 Å². The average molecular weight is 273 g/mol. The number of aromatic nitrogens is 2. The third-order valence-corrected chi connectivity index (χ3v) is 2.62. The first-order valence-corrected chi connectivity index (χ1v) is 3.90. The van der Waals surface area contributed by atoms with Gasteiger partial charge in [0.2, 0.25) is 0 Å². The predicted octanol–water partition coefficient (Wildman–Crippen LogP) is 1.77. The minimum absolute atomic E-state index is 0.156. The van der Waals surface area contributed by atoms with Crippen molar-refractivity contribution in [1.82, 2.24) is 9.78 Å². The molecule has 1 aromatic heterocycles. The maximum absolute atomic E-state index is 12.1. The quantitative estimate of drug-likeness (QED) is 0.792. The Bertz CT molecular complexity index is 271. The largest absolute Gasteiger partial charge is 0.381 e. The fourth-order valence-electron chi connectivity index (χ4n) is 0.711. The van der Waals surface area contributed by atoms with E-state index in [1.807, 2.05) is 22.6 Å². The smallest absolute Gasteiger partial charge is 0.333 e. The van der Waals surface area contributed by atoms with E-state index in [0.717, 1.165) is 0 Å². The number of hydrogen-bond acceptors (Lipinski definition) is 2. The predicted molar refractivity (Wildman–Crippen MR) is 45.3 cm³/mol. The number of halogens is 3. The molecule has 0 amide bonds. The number of nitrogens with zero attached hydrogens (tertiary/aromatic N) is 2. The molecule has 0 unspecified atom stereocenters. The van der Waals surface area contributed by atoms with E-state index in [-0.39, 0.29) is 5.82 Å². The van der Waals surface area contributed by atoms with E-state index in [2.05, 4.69) is 5.10 Å². The van der Waals surface area contributed by atoms with Gasteiger partial charge in [-0.25, -0.2) is 4.68 Å². The average Bonchev–Trinajstić information content (AvgIpc) is 2.17. The second kappa shape index (κ2) is 2.92. The van der Waals surface area contributed by atoms with Gasteiger partial charge in [0.1, 0.15) is 0 Å². The zero-order chi connectivity index (χ0) is 8.59. The normalized spacial score (nSPS) is 11.0. The summed E-state index contributed by atoms with van der Waals surface area (Å²) < 4.78 is 25.3. The molecule has 0 atom stereocenters. The first kappa shape index (κ1) is 8.69. The van der Waals surface area contributed by atoms with Crippen LogP contribution < -0.4 is 5.73 Å². The van der Waals surface area contributed by atoms with E-state index in [1.54, 1.807) is 6.92 Å². The molecule has 0 aliphatic carbocycles. The van der Waals surface area contributed by atoms with E-state index in [9.17, 15) is 8.78 Å². The molecule has 0 aromatic carbocycles. The first-order chi connectivity index (χ1) is 5.04. The van der Waals surface area contributed by atoms with Gasteiger partial charge in [0.25, 0.3) is 0 Å². The van der Waals surface area contributed by atoms with E-state index < -0.39 is 6.55 Å². The molecule has 0 saturated heterocycles. The maximum Gasteiger partial charge on any atom is 0.333 e. The van der Waals surface area contributed by atoms with Gasteiger partial charge < -0.3 is 5.73 Å². The van der Waals surface area contributed by atoms with E-state index in [0.29, 0.717) is 13.9 Å². The fraction of sp³-hybridized carbons (Fsp3) is 0.400. The number of nitrogens with two attached hydrogens (primary N) is 1. The minimum atomic E-state index is -2.61. The Balaban J connectivity index is 3.19. The molecule has 0 fully saturated rings. The van der Waals surface area contributed by atoms with Gasteiger partial charge in [-0.1, -0.05) is 0 Å². The molecule has 6 heteroatoms. The maximum atomic E-state index is 12.1. The van der Waals surface area contributed by atoms with Crippen molar-refractivity contribution in [3.63, 3.8) is 0 Å². The number of hydrogen-bond donors (Lipinski definition) is 1. The molecule has 1 rings (SSSR count). The molecule has 11 heavy (non-hydrogen) atoms. The lowest BCUT2D eigenvalue weighted by molar-refractivity contribution is 0.0546. The molecule has 0 spiro atoms. The molecule has 3 nitrogen and oxygen atoms in total. The second-order valence-corrected chi connectivity index (χ2v) is 3.09. The number of rotatable bonds is 1. The summed E-state index contributed by atoms with van der Waals surface area (Å²) >= 11 is 1.88. The Hall–Kier alpha value is -0.400. The lowest BCUT2D eigenvalue weighted by Gasteiger charge is -1.99. The summed E-state index contributed by atoms with van der Waals surface area (Å²) in [7, 11) is 0. The van der Waals surface area contributed by atoms with Crippen molar-refractivity contribution < 1.29 is 8.78 Å². The van der Waals surface area contributed by atoms with Crippen molar-refractivity contribution in [3.05, 3.63) is 9.26 Å². The van der Waals surface area contributed by atoms with Crippen LogP contribution in [0, 0.1) is 10.5 Å². The number of anilines is 1.